The topological polar surface area (TPSA) is 47.6 Å². The zero-order valence-electron chi connectivity index (χ0n) is 12.3. The van der Waals surface area contributed by atoms with Crippen molar-refractivity contribution < 1.29 is 14.3 Å². The molecule has 2 rings (SSSR count). The van der Waals surface area contributed by atoms with Crippen molar-refractivity contribution in [1.82, 2.24) is 0 Å². The molecule has 110 valence electrons. The fourth-order valence-corrected chi connectivity index (χ4v) is 1.99. The molecular weight excluding hydrogens is 266 g/mol. The van der Waals surface area contributed by atoms with Gasteiger partial charge in [0.25, 0.3) is 0 Å². The molecule has 0 radical (unpaired) electrons. The van der Waals surface area contributed by atoms with Crippen molar-refractivity contribution in [3.8, 4) is 5.75 Å². The predicted octanol–water partition coefficient (Wildman–Crippen LogP) is 3.48. The minimum Gasteiger partial charge on any atom is -0.494 e. The maximum atomic E-state index is 11.4. The van der Waals surface area contributed by atoms with Crippen LogP contribution in [-0.4, -0.2) is 19.7 Å². The first-order valence-corrected chi connectivity index (χ1v) is 6.87. The van der Waals surface area contributed by atoms with Crippen molar-refractivity contribution >= 4 is 11.7 Å². The molecule has 0 aliphatic carbocycles. The Morgan fingerprint density at radius 3 is 2.48 bits per heavy atom. The molecule has 0 fully saturated rings. The van der Waals surface area contributed by atoms with Crippen LogP contribution in [0.1, 0.15) is 22.8 Å². The number of esters is 1. The van der Waals surface area contributed by atoms with Crippen LogP contribution in [0, 0.1) is 0 Å². The van der Waals surface area contributed by atoms with Crippen molar-refractivity contribution in [3.05, 3.63) is 59.7 Å². The van der Waals surface area contributed by atoms with E-state index in [9.17, 15) is 4.79 Å². The maximum Gasteiger partial charge on any atom is 0.337 e. The van der Waals surface area contributed by atoms with Crippen molar-refractivity contribution in [2.45, 2.75) is 13.5 Å². The fourth-order valence-electron chi connectivity index (χ4n) is 1.99. The van der Waals surface area contributed by atoms with Gasteiger partial charge in [0.15, 0.2) is 0 Å². The van der Waals surface area contributed by atoms with E-state index < -0.39 is 0 Å². The van der Waals surface area contributed by atoms with Crippen LogP contribution >= 0.6 is 0 Å². The Morgan fingerprint density at radius 1 is 1.10 bits per heavy atom. The second-order valence-electron chi connectivity index (χ2n) is 4.46. The van der Waals surface area contributed by atoms with Gasteiger partial charge < -0.3 is 14.8 Å². The van der Waals surface area contributed by atoms with Gasteiger partial charge in [0, 0.05) is 17.8 Å². The third kappa shape index (κ3) is 3.99. The Kier molecular flexibility index (Phi) is 5.21. The first-order valence-electron chi connectivity index (χ1n) is 6.87. The average Bonchev–Trinajstić information content (AvgIpc) is 2.54. The van der Waals surface area contributed by atoms with Gasteiger partial charge in [-0.25, -0.2) is 4.79 Å². The third-order valence-electron chi connectivity index (χ3n) is 3.06. The predicted molar refractivity (Wildman–Crippen MR) is 82.7 cm³/mol. The molecule has 0 saturated heterocycles. The van der Waals surface area contributed by atoms with Crippen LogP contribution in [0.2, 0.25) is 0 Å². The molecule has 0 aliphatic rings. The monoisotopic (exact) mass is 285 g/mol. The Morgan fingerprint density at radius 2 is 1.81 bits per heavy atom. The van der Waals surface area contributed by atoms with Gasteiger partial charge in [-0.2, -0.15) is 0 Å². The van der Waals surface area contributed by atoms with Crippen LogP contribution in [0.15, 0.2) is 48.5 Å². The molecule has 4 heteroatoms. The summed E-state index contributed by atoms with van der Waals surface area (Å²) < 4.78 is 10.3. The number of nitrogens with one attached hydrogen (secondary N) is 1. The van der Waals surface area contributed by atoms with Gasteiger partial charge in [-0.05, 0) is 37.3 Å². The quantitative estimate of drug-likeness (QED) is 0.825. The average molecular weight is 285 g/mol. The van der Waals surface area contributed by atoms with Crippen LogP contribution in [-0.2, 0) is 11.3 Å². The number of rotatable bonds is 6. The maximum absolute atomic E-state index is 11.4. The highest BCUT2D eigenvalue weighted by Gasteiger charge is 2.05. The summed E-state index contributed by atoms with van der Waals surface area (Å²) in [6.07, 6.45) is 0. The van der Waals surface area contributed by atoms with Crippen LogP contribution < -0.4 is 10.1 Å². The SMILES string of the molecule is CCOc1ccccc1CNc1ccc(C(=O)OC)cc1. The minimum atomic E-state index is -0.330. The van der Waals surface area contributed by atoms with Crippen LogP contribution in [0.25, 0.3) is 0 Å². The van der Waals surface area contributed by atoms with E-state index in [2.05, 4.69) is 10.1 Å². The van der Waals surface area contributed by atoms with Crippen LogP contribution in [0.5, 0.6) is 5.75 Å². The molecule has 0 aromatic heterocycles. The smallest absolute Gasteiger partial charge is 0.337 e. The Balaban J connectivity index is 2.01. The molecule has 2 aromatic carbocycles. The summed E-state index contributed by atoms with van der Waals surface area (Å²) in [4.78, 5) is 11.4. The second kappa shape index (κ2) is 7.33. The molecule has 0 bridgehead atoms. The molecule has 0 unspecified atom stereocenters. The largest absolute Gasteiger partial charge is 0.494 e. The van der Waals surface area contributed by atoms with Gasteiger partial charge in [-0.15, -0.1) is 0 Å². The first-order chi connectivity index (χ1) is 10.2. The number of hydrogen-bond acceptors (Lipinski definition) is 4. The molecular formula is C17H19NO3. The van der Waals surface area contributed by atoms with Gasteiger partial charge >= 0.3 is 5.97 Å². The molecule has 0 saturated carbocycles. The normalized spacial score (nSPS) is 10.0. The van der Waals surface area contributed by atoms with Crippen molar-refractivity contribution in [2.24, 2.45) is 0 Å². The summed E-state index contributed by atoms with van der Waals surface area (Å²) in [5.41, 5.74) is 2.57. The van der Waals surface area contributed by atoms with E-state index in [-0.39, 0.29) is 5.97 Å². The van der Waals surface area contributed by atoms with E-state index in [4.69, 9.17) is 4.74 Å². The summed E-state index contributed by atoms with van der Waals surface area (Å²) >= 11 is 0. The highest BCUT2D eigenvalue weighted by atomic mass is 16.5. The van der Waals surface area contributed by atoms with Gasteiger partial charge in [0.2, 0.25) is 0 Å². The zero-order chi connectivity index (χ0) is 15.1. The standard InChI is InChI=1S/C17H19NO3/c1-3-21-16-7-5-4-6-14(16)12-18-15-10-8-13(9-11-15)17(19)20-2/h4-11,18H,3,12H2,1-2H3. The van der Waals surface area contributed by atoms with E-state index in [0.29, 0.717) is 18.7 Å². The lowest BCUT2D eigenvalue weighted by atomic mass is 10.1. The lowest BCUT2D eigenvalue weighted by Gasteiger charge is -2.12. The number of methoxy groups -OCH3 is 1. The van der Waals surface area contributed by atoms with E-state index >= 15 is 0 Å². The number of para-hydroxylation sites is 1. The van der Waals surface area contributed by atoms with E-state index in [0.717, 1.165) is 17.0 Å². The Bertz CT molecular complexity index is 593. The molecule has 0 aliphatic heterocycles. The molecule has 2 aromatic rings. The molecule has 1 N–H and O–H groups in total. The molecule has 0 atom stereocenters. The van der Waals surface area contributed by atoms with Gasteiger partial charge in [0.1, 0.15) is 5.75 Å². The Hall–Kier alpha value is -2.49. The summed E-state index contributed by atoms with van der Waals surface area (Å²) in [5.74, 6) is 0.557. The van der Waals surface area contributed by atoms with Crippen molar-refractivity contribution in [1.29, 1.82) is 0 Å². The number of ether oxygens (including phenoxy) is 2. The van der Waals surface area contributed by atoms with Crippen LogP contribution in [0.4, 0.5) is 5.69 Å². The van der Waals surface area contributed by atoms with Gasteiger partial charge in [-0.1, -0.05) is 18.2 Å². The summed E-state index contributed by atoms with van der Waals surface area (Å²) in [6.45, 7) is 3.27. The first kappa shape index (κ1) is 14.9. The number of hydrogen-bond donors (Lipinski definition) is 1. The summed E-state index contributed by atoms with van der Waals surface area (Å²) in [6, 6.07) is 15.1. The second-order valence-corrected chi connectivity index (χ2v) is 4.46. The number of carbonyl (C=O) groups is 1. The van der Waals surface area contributed by atoms with Crippen molar-refractivity contribution in [2.75, 3.05) is 19.0 Å². The molecule has 21 heavy (non-hydrogen) atoms. The van der Waals surface area contributed by atoms with Crippen molar-refractivity contribution in [3.63, 3.8) is 0 Å². The van der Waals surface area contributed by atoms with Crippen LogP contribution in [0.3, 0.4) is 0 Å². The summed E-state index contributed by atoms with van der Waals surface area (Å²) in [7, 11) is 1.37. The third-order valence-corrected chi connectivity index (χ3v) is 3.06. The zero-order valence-corrected chi connectivity index (χ0v) is 12.3. The molecule has 0 heterocycles. The highest BCUT2D eigenvalue weighted by molar-refractivity contribution is 5.89. The van der Waals surface area contributed by atoms with E-state index in [1.165, 1.54) is 7.11 Å². The minimum absolute atomic E-state index is 0.330. The van der Waals surface area contributed by atoms with Gasteiger partial charge in [0.05, 0.1) is 19.3 Å². The number of benzene rings is 2. The Labute approximate surface area is 124 Å². The fraction of sp³-hybridized carbons (Fsp3) is 0.235. The number of carbonyl (C=O) groups excluding carboxylic acids is 1. The highest BCUT2D eigenvalue weighted by Crippen LogP contribution is 2.19. The van der Waals surface area contributed by atoms with E-state index in [1.807, 2.05) is 43.3 Å². The molecule has 4 nitrogen and oxygen atoms in total. The lowest BCUT2D eigenvalue weighted by molar-refractivity contribution is 0.0601. The van der Waals surface area contributed by atoms with E-state index in [1.54, 1.807) is 12.1 Å². The summed E-state index contributed by atoms with van der Waals surface area (Å²) in [5, 5.41) is 3.31. The lowest BCUT2D eigenvalue weighted by Crippen LogP contribution is -2.04. The van der Waals surface area contributed by atoms with Gasteiger partial charge in [-0.3, -0.25) is 0 Å². The molecule has 0 spiro atoms. The molecule has 0 amide bonds. The number of anilines is 1.